The molecule has 1 aromatic heterocycles. The molecule has 0 atom stereocenters. The summed E-state index contributed by atoms with van der Waals surface area (Å²) in [7, 11) is 1.81. The van der Waals surface area contributed by atoms with Crippen molar-refractivity contribution >= 4 is 63.5 Å². The maximum Gasteiger partial charge on any atom is 0.257 e. The molecule has 36 heavy (non-hydrogen) atoms. The van der Waals surface area contributed by atoms with Crippen LogP contribution < -0.4 is 10.6 Å². The van der Waals surface area contributed by atoms with Crippen molar-refractivity contribution < 1.29 is 9.21 Å². The molecule has 0 bridgehead atoms. The highest BCUT2D eigenvalue weighted by molar-refractivity contribution is 9.10. The number of furan rings is 1. The molecule has 0 spiro atoms. The number of amidine groups is 1. The average Bonchev–Trinajstić information content (AvgIpc) is 3.31. The third kappa shape index (κ3) is 7.52. The number of nitrogens with zero attached hydrogens (tertiary/aromatic N) is 2. The van der Waals surface area contributed by atoms with Gasteiger partial charge in [0, 0.05) is 41.1 Å². The van der Waals surface area contributed by atoms with Crippen LogP contribution in [-0.2, 0) is 13.1 Å². The second kappa shape index (κ2) is 12.5. The lowest BCUT2D eigenvalue weighted by atomic mass is 10.1. The highest BCUT2D eigenvalue weighted by Gasteiger charge is 2.21. The van der Waals surface area contributed by atoms with E-state index in [2.05, 4.69) is 44.2 Å². The zero-order valence-electron chi connectivity index (χ0n) is 19.7. The maximum absolute atomic E-state index is 12.6. The molecular weight excluding hydrogens is 583 g/mol. The number of aliphatic imine (C=N–C) groups is 1. The van der Waals surface area contributed by atoms with E-state index < -0.39 is 0 Å². The van der Waals surface area contributed by atoms with E-state index in [1.807, 2.05) is 37.4 Å². The summed E-state index contributed by atoms with van der Waals surface area (Å²) in [6.07, 6.45) is 4.02. The van der Waals surface area contributed by atoms with Crippen molar-refractivity contribution in [1.29, 1.82) is 0 Å². The van der Waals surface area contributed by atoms with Crippen LogP contribution in [0.1, 0.15) is 40.1 Å². The summed E-state index contributed by atoms with van der Waals surface area (Å²) in [6.45, 7) is 2.97. The summed E-state index contributed by atoms with van der Waals surface area (Å²) in [5.41, 5.74) is 2.77. The number of benzene rings is 2. The zero-order chi connectivity index (χ0) is 25.7. The summed E-state index contributed by atoms with van der Waals surface area (Å²) in [5, 5.41) is 7.77. The summed E-state index contributed by atoms with van der Waals surface area (Å²) >= 11 is 18.8. The van der Waals surface area contributed by atoms with Gasteiger partial charge in [-0.15, -0.1) is 12.6 Å². The Kier molecular flexibility index (Phi) is 9.41. The predicted octanol–water partition coefficient (Wildman–Crippen LogP) is 6.20. The Labute approximate surface area is 235 Å². The van der Waals surface area contributed by atoms with Gasteiger partial charge in [0.25, 0.3) is 5.91 Å². The first kappa shape index (κ1) is 27.1. The fourth-order valence-electron chi connectivity index (χ4n) is 3.58. The monoisotopic (exact) mass is 608 g/mol. The molecule has 0 unspecified atom stereocenters. The topological polar surface area (TPSA) is 69.9 Å². The van der Waals surface area contributed by atoms with Crippen LogP contribution in [0.15, 0.2) is 67.5 Å². The molecule has 6 nitrogen and oxygen atoms in total. The smallest absolute Gasteiger partial charge is 0.257 e. The molecule has 2 aliphatic rings. The number of hydrogen-bond donors (Lipinski definition) is 3. The van der Waals surface area contributed by atoms with E-state index in [9.17, 15) is 4.79 Å². The van der Waals surface area contributed by atoms with Gasteiger partial charge in [0.15, 0.2) is 0 Å². The Morgan fingerprint density at radius 2 is 1.92 bits per heavy atom. The van der Waals surface area contributed by atoms with Crippen LogP contribution in [0, 0.1) is 0 Å². The molecule has 2 aromatic carbocycles. The first-order chi connectivity index (χ1) is 17.3. The Morgan fingerprint density at radius 3 is 2.53 bits per heavy atom. The van der Waals surface area contributed by atoms with Crippen molar-refractivity contribution in [3.63, 3.8) is 0 Å². The molecule has 1 aliphatic carbocycles. The SMILES string of the molecule is CN(Cc1ccc(C2=NCCN2)cc1)C(=O)c1coc(CNC2CC2)c1.Sc1c(Cl)cc(Br)cc1Cl. The van der Waals surface area contributed by atoms with Crippen LogP contribution >= 0.6 is 51.8 Å². The first-order valence-corrected chi connectivity index (χ1v) is 13.6. The van der Waals surface area contributed by atoms with Gasteiger partial charge in [-0.1, -0.05) is 63.4 Å². The summed E-state index contributed by atoms with van der Waals surface area (Å²) in [6, 6.07) is 14.1. The van der Waals surface area contributed by atoms with E-state index in [1.54, 1.807) is 23.3 Å². The second-order valence-corrected chi connectivity index (χ2v) is 10.9. The molecule has 1 saturated carbocycles. The van der Waals surface area contributed by atoms with E-state index in [4.69, 9.17) is 27.6 Å². The maximum atomic E-state index is 12.6. The second-order valence-electron chi connectivity index (χ2n) is 8.69. The van der Waals surface area contributed by atoms with Gasteiger partial charge in [-0.05, 0) is 36.6 Å². The van der Waals surface area contributed by atoms with Crippen LogP contribution in [-0.4, -0.2) is 42.8 Å². The van der Waals surface area contributed by atoms with E-state index >= 15 is 0 Å². The lowest BCUT2D eigenvalue weighted by Gasteiger charge is -2.16. The molecule has 0 radical (unpaired) electrons. The van der Waals surface area contributed by atoms with Crippen molar-refractivity contribution in [3.05, 3.63) is 85.7 Å². The van der Waals surface area contributed by atoms with Crippen molar-refractivity contribution in [3.8, 4) is 0 Å². The molecule has 190 valence electrons. The standard InChI is InChI=1S/C20H24N4O2.C6H3BrCl2S/c1-24(12-14-2-4-15(5-3-14)19-21-8-9-22-19)20(25)16-10-18(26-13-16)11-23-17-6-7-17;7-3-1-4(8)6(10)5(9)2-3/h2-5,10,13,17,23H,6-9,11-12H2,1H3,(H,21,22);1-2,10H. The normalized spacial score (nSPS) is 14.5. The minimum absolute atomic E-state index is 0.0302. The van der Waals surface area contributed by atoms with Gasteiger partial charge in [-0.25, -0.2) is 0 Å². The molecule has 2 N–H and O–H groups in total. The molecule has 1 amide bonds. The number of carbonyl (C=O) groups is 1. The summed E-state index contributed by atoms with van der Waals surface area (Å²) in [5.74, 6) is 1.73. The van der Waals surface area contributed by atoms with Gasteiger partial charge in [-0.3, -0.25) is 9.79 Å². The van der Waals surface area contributed by atoms with E-state index in [1.165, 1.54) is 12.8 Å². The summed E-state index contributed by atoms with van der Waals surface area (Å²) < 4.78 is 6.37. The van der Waals surface area contributed by atoms with E-state index in [-0.39, 0.29) is 5.91 Å². The van der Waals surface area contributed by atoms with Gasteiger partial charge in [0.1, 0.15) is 17.9 Å². The van der Waals surface area contributed by atoms with Crippen LogP contribution in [0.4, 0.5) is 0 Å². The lowest BCUT2D eigenvalue weighted by molar-refractivity contribution is 0.0784. The van der Waals surface area contributed by atoms with E-state index in [0.29, 0.717) is 39.6 Å². The molecule has 1 fully saturated rings. The Hall–Kier alpha value is -1.97. The molecule has 0 saturated heterocycles. The van der Waals surface area contributed by atoms with Gasteiger partial charge < -0.3 is 20.0 Å². The van der Waals surface area contributed by atoms with Gasteiger partial charge in [0.2, 0.25) is 0 Å². The number of thiol groups is 1. The van der Waals surface area contributed by atoms with Gasteiger partial charge >= 0.3 is 0 Å². The fraction of sp³-hybridized carbons (Fsp3) is 0.308. The van der Waals surface area contributed by atoms with Crippen LogP contribution in [0.5, 0.6) is 0 Å². The van der Waals surface area contributed by atoms with Crippen molar-refractivity contribution in [1.82, 2.24) is 15.5 Å². The third-order valence-electron chi connectivity index (χ3n) is 5.69. The minimum atomic E-state index is -0.0302. The molecule has 1 aliphatic heterocycles. The fourth-order valence-corrected chi connectivity index (χ4v) is 4.92. The number of amides is 1. The largest absolute Gasteiger partial charge is 0.467 e. The molecule has 3 aromatic rings. The zero-order valence-corrected chi connectivity index (χ0v) is 23.7. The summed E-state index contributed by atoms with van der Waals surface area (Å²) in [4.78, 5) is 19.4. The predicted molar refractivity (Wildman–Crippen MR) is 152 cm³/mol. The molecular formula is C26H27BrCl2N4O2S. The minimum Gasteiger partial charge on any atom is -0.467 e. The van der Waals surface area contributed by atoms with Crippen molar-refractivity contribution in [2.45, 2.75) is 36.9 Å². The molecule has 2 heterocycles. The molecule has 10 heteroatoms. The quantitative estimate of drug-likeness (QED) is 0.279. The third-order valence-corrected chi connectivity index (χ3v) is 7.49. The number of rotatable bonds is 7. The highest BCUT2D eigenvalue weighted by Crippen LogP contribution is 2.31. The van der Waals surface area contributed by atoms with Gasteiger partial charge in [-0.2, -0.15) is 0 Å². The van der Waals surface area contributed by atoms with Crippen LogP contribution in [0.3, 0.4) is 0 Å². The number of halogens is 3. The first-order valence-electron chi connectivity index (χ1n) is 11.6. The van der Waals surface area contributed by atoms with Crippen molar-refractivity contribution in [2.24, 2.45) is 4.99 Å². The number of carbonyl (C=O) groups excluding carboxylic acids is 1. The average molecular weight is 610 g/mol. The molecule has 5 rings (SSSR count). The lowest BCUT2D eigenvalue weighted by Crippen LogP contribution is -2.26. The van der Waals surface area contributed by atoms with Crippen molar-refractivity contribution in [2.75, 3.05) is 20.1 Å². The Morgan fingerprint density at radius 1 is 1.22 bits per heavy atom. The van der Waals surface area contributed by atoms with Gasteiger partial charge in [0.05, 0.1) is 28.7 Å². The Balaban J connectivity index is 0.000000256. The number of hydrogen-bond acceptors (Lipinski definition) is 6. The Bertz CT molecular complexity index is 1220. The van der Waals surface area contributed by atoms with Crippen LogP contribution in [0.2, 0.25) is 10.0 Å². The van der Waals surface area contributed by atoms with E-state index in [0.717, 1.165) is 40.3 Å². The highest BCUT2D eigenvalue weighted by atomic mass is 79.9. The number of nitrogens with one attached hydrogen (secondary N) is 2. The van der Waals surface area contributed by atoms with Crippen LogP contribution in [0.25, 0.3) is 0 Å².